The zero-order chi connectivity index (χ0) is 18.4. The van der Waals surface area contributed by atoms with Crippen molar-refractivity contribution in [2.75, 3.05) is 35.0 Å². The largest absolute Gasteiger partial charge is 0.493 e. The normalized spacial score (nSPS) is 14.2. The second-order valence-electron chi connectivity index (χ2n) is 6.08. The molecule has 6 heteroatoms. The number of ketones is 1. The Hall–Kier alpha value is -3.02. The van der Waals surface area contributed by atoms with Gasteiger partial charge in [-0.25, -0.2) is 0 Å². The van der Waals surface area contributed by atoms with E-state index in [1.54, 1.807) is 34.5 Å². The number of nitrogens with zero attached hydrogens (tertiary/aromatic N) is 1. The molecule has 4 rings (SSSR count). The molecule has 2 aromatic rings. The maximum Gasteiger partial charge on any atom is 0.212 e. The fourth-order valence-electron chi connectivity index (χ4n) is 3.73. The quantitative estimate of drug-likeness (QED) is 0.845. The van der Waals surface area contributed by atoms with Crippen molar-refractivity contribution in [3.63, 3.8) is 0 Å². The summed E-state index contributed by atoms with van der Waals surface area (Å²) in [6.45, 7) is 0.575. The Morgan fingerprint density at radius 1 is 0.808 bits per heavy atom. The van der Waals surface area contributed by atoms with E-state index in [1.165, 1.54) is 0 Å². The van der Waals surface area contributed by atoms with Crippen molar-refractivity contribution < 1.29 is 23.7 Å². The Kier molecular flexibility index (Phi) is 3.83. The van der Waals surface area contributed by atoms with Gasteiger partial charge in [0.1, 0.15) is 5.71 Å². The molecular formula is C20H19NO5. The Bertz CT molecular complexity index is 961. The summed E-state index contributed by atoms with van der Waals surface area (Å²) in [5, 5.41) is 0. The van der Waals surface area contributed by atoms with Crippen LogP contribution in [0.2, 0.25) is 0 Å². The highest BCUT2D eigenvalue weighted by Crippen LogP contribution is 2.49. The van der Waals surface area contributed by atoms with Crippen molar-refractivity contribution >= 4 is 11.5 Å². The lowest BCUT2D eigenvalue weighted by atomic mass is 9.78. The molecule has 26 heavy (non-hydrogen) atoms. The molecule has 0 saturated heterocycles. The number of carbonyl (C=O) groups excluding carboxylic acids is 1. The predicted molar refractivity (Wildman–Crippen MR) is 97.5 cm³/mol. The van der Waals surface area contributed by atoms with Crippen LogP contribution in [0.1, 0.15) is 21.5 Å². The smallest absolute Gasteiger partial charge is 0.212 e. The van der Waals surface area contributed by atoms with Crippen LogP contribution in [0.3, 0.4) is 0 Å². The minimum absolute atomic E-state index is 0.110. The van der Waals surface area contributed by atoms with Gasteiger partial charge in [-0.1, -0.05) is 0 Å². The molecule has 0 amide bonds. The average Bonchev–Trinajstić information content (AvgIpc) is 2.69. The van der Waals surface area contributed by atoms with Crippen molar-refractivity contribution in [2.45, 2.75) is 6.42 Å². The Labute approximate surface area is 151 Å². The number of rotatable bonds is 4. The van der Waals surface area contributed by atoms with Crippen molar-refractivity contribution in [2.24, 2.45) is 4.99 Å². The Balaban J connectivity index is 2.14. The van der Waals surface area contributed by atoms with Gasteiger partial charge in [0.15, 0.2) is 23.0 Å². The molecule has 0 atom stereocenters. The van der Waals surface area contributed by atoms with Crippen molar-refractivity contribution in [3.05, 3.63) is 34.9 Å². The van der Waals surface area contributed by atoms with Crippen molar-refractivity contribution in [1.82, 2.24) is 0 Å². The molecule has 2 aromatic carbocycles. The van der Waals surface area contributed by atoms with Crippen LogP contribution in [-0.2, 0) is 6.42 Å². The highest BCUT2D eigenvalue weighted by atomic mass is 16.5. The van der Waals surface area contributed by atoms with E-state index in [9.17, 15) is 4.79 Å². The standard InChI is InChI=1S/C20H19NO5/c1-23-13-8-11-12(9-14(13)24-2)19(22)18-16-10(5-6-21-18)7-15(25-3)20(26-4)17(11)16/h7-9H,5-6H2,1-4H3. The number of aliphatic imine (C=N–C) groups is 1. The summed E-state index contributed by atoms with van der Waals surface area (Å²) in [7, 11) is 6.32. The fourth-order valence-corrected chi connectivity index (χ4v) is 3.73. The number of ether oxygens (including phenoxy) is 4. The van der Waals surface area contributed by atoms with Gasteiger partial charge < -0.3 is 18.9 Å². The summed E-state index contributed by atoms with van der Waals surface area (Å²) >= 11 is 0. The molecule has 0 fully saturated rings. The van der Waals surface area contributed by atoms with Gasteiger partial charge >= 0.3 is 0 Å². The number of benzene rings is 2. The summed E-state index contributed by atoms with van der Waals surface area (Å²) in [6.07, 6.45) is 0.752. The van der Waals surface area contributed by atoms with E-state index >= 15 is 0 Å². The van der Waals surface area contributed by atoms with Gasteiger partial charge in [0.05, 0.1) is 28.4 Å². The Morgan fingerprint density at radius 2 is 1.46 bits per heavy atom. The molecule has 0 spiro atoms. The zero-order valence-electron chi connectivity index (χ0n) is 15.1. The van der Waals surface area contributed by atoms with Crippen LogP contribution in [0.25, 0.3) is 11.1 Å². The van der Waals surface area contributed by atoms with E-state index in [1.807, 2.05) is 12.1 Å². The second-order valence-corrected chi connectivity index (χ2v) is 6.08. The van der Waals surface area contributed by atoms with Crippen molar-refractivity contribution in [1.29, 1.82) is 0 Å². The van der Waals surface area contributed by atoms with Crippen molar-refractivity contribution in [3.8, 4) is 34.1 Å². The molecule has 0 N–H and O–H groups in total. The average molecular weight is 353 g/mol. The highest BCUT2D eigenvalue weighted by Gasteiger charge is 2.37. The van der Waals surface area contributed by atoms with E-state index in [2.05, 4.69) is 4.99 Å². The molecule has 1 aliphatic heterocycles. The van der Waals surface area contributed by atoms with Gasteiger partial charge in [-0.3, -0.25) is 9.79 Å². The van der Waals surface area contributed by atoms with E-state index in [4.69, 9.17) is 18.9 Å². The first kappa shape index (κ1) is 16.4. The van der Waals surface area contributed by atoms with E-state index in [0.29, 0.717) is 40.8 Å². The van der Waals surface area contributed by atoms with Crippen LogP contribution in [0.5, 0.6) is 23.0 Å². The lowest BCUT2D eigenvalue weighted by Crippen LogP contribution is -2.28. The van der Waals surface area contributed by atoms with Gasteiger partial charge in [-0.05, 0) is 30.2 Å². The molecule has 134 valence electrons. The first-order valence-corrected chi connectivity index (χ1v) is 8.28. The number of hydrogen-bond donors (Lipinski definition) is 0. The fraction of sp³-hybridized carbons (Fsp3) is 0.300. The molecule has 0 bridgehead atoms. The summed E-state index contributed by atoms with van der Waals surface area (Å²) in [5.74, 6) is 2.16. The van der Waals surface area contributed by atoms with Gasteiger partial charge in [0.25, 0.3) is 0 Å². The van der Waals surface area contributed by atoms with Crippen LogP contribution in [0.15, 0.2) is 23.2 Å². The monoisotopic (exact) mass is 353 g/mol. The molecule has 1 aliphatic carbocycles. The molecular weight excluding hydrogens is 334 g/mol. The third-order valence-corrected chi connectivity index (χ3v) is 4.89. The molecule has 0 unspecified atom stereocenters. The molecule has 2 aliphatic rings. The maximum absolute atomic E-state index is 13.1. The lowest BCUT2D eigenvalue weighted by molar-refractivity contribution is 0.106. The van der Waals surface area contributed by atoms with Crippen LogP contribution in [0.4, 0.5) is 0 Å². The van der Waals surface area contributed by atoms with Gasteiger partial charge in [-0.15, -0.1) is 0 Å². The lowest BCUT2D eigenvalue weighted by Gasteiger charge is -2.29. The number of Topliss-reactive ketones (excluding diaryl/α,β-unsaturated/α-hetero) is 1. The van der Waals surface area contributed by atoms with E-state index in [0.717, 1.165) is 28.7 Å². The zero-order valence-corrected chi connectivity index (χ0v) is 15.1. The molecule has 1 heterocycles. The van der Waals surface area contributed by atoms with Crippen LogP contribution in [-0.4, -0.2) is 46.5 Å². The minimum atomic E-state index is -0.110. The van der Waals surface area contributed by atoms with E-state index in [-0.39, 0.29) is 5.78 Å². The number of hydrogen-bond acceptors (Lipinski definition) is 6. The van der Waals surface area contributed by atoms with Gasteiger partial charge in [-0.2, -0.15) is 0 Å². The van der Waals surface area contributed by atoms with Gasteiger partial charge in [0.2, 0.25) is 5.78 Å². The summed E-state index contributed by atoms with van der Waals surface area (Å²) < 4.78 is 22.0. The summed E-state index contributed by atoms with van der Waals surface area (Å²) in [4.78, 5) is 17.6. The first-order valence-electron chi connectivity index (χ1n) is 8.28. The minimum Gasteiger partial charge on any atom is -0.493 e. The molecule has 6 nitrogen and oxygen atoms in total. The third-order valence-electron chi connectivity index (χ3n) is 4.89. The first-order chi connectivity index (χ1) is 12.6. The third kappa shape index (κ3) is 2.11. The second kappa shape index (κ2) is 6.05. The van der Waals surface area contributed by atoms with E-state index < -0.39 is 0 Å². The molecule has 0 radical (unpaired) electrons. The SMILES string of the molecule is COc1cc2c(cc1OC)-c1c(OC)c(OC)cc3c1C(=NCC3)C2=O. The summed E-state index contributed by atoms with van der Waals surface area (Å²) in [6, 6.07) is 5.45. The van der Waals surface area contributed by atoms with Crippen LogP contribution in [0, 0.1) is 0 Å². The molecule has 0 aromatic heterocycles. The number of methoxy groups -OCH3 is 4. The molecule has 0 saturated carbocycles. The number of carbonyl (C=O) groups is 1. The predicted octanol–water partition coefficient (Wildman–Crippen LogP) is 2.93. The topological polar surface area (TPSA) is 66.3 Å². The maximum atomic E-state index is 13.1. The van der Waals surface area contributed by atoms with Crippen LogP contribution < -0.4 is 18.9 Å². The number of fused-ring (bicyclic) bond motifs is 2. The van der Waals surface area contributed by atoms with Crippen LogP contribution >= 0.6 is 0 Å². The Morgan fingerprint density at radius 3 is 2.08 bits per heavy atom. The summed E-state index contributed by atoms with van der Waals surface area (Å²) in [5.41, 5.74) is 4.42. The highest BCUT2D eigenvalue weighted by molar-refractivity contribution is 6.55. The van der Waals surface area contributed by atoms with Gasteiger partial charge in [0, 0.05) is 28.8 Å².